The van der Waals surface area contributed by atoms with Crippen molar-refractivity contribution >= 4 is 17.4 Å². The Morgan fingerprint density at radius 1 is 1.23 bits per heavy atom. The summed E-state index contributed by atoms with van der Waals surface area (Å²) in [7, 11) is 2.00. The van der Waals surface area contributed by atoms with Gasteiger partial charge in [-0.15, -0.1) is 0 Å². The van der Waals surface area contributed by atoms with Crippen LogP contribution in [-0.2, 0) is 15.0 Å². The Morgan fingerprint density at radius 3 is 2.46 bits per heavy atom. The SMILES string of the molecule is CCN(CC(=O)/C=C1/N(C)c2ccccc2C1(C)C)CC(=O)NC(C)C. The summed E-state index contributed by atoms with van der Waals surface area (Å²) >= 11 is 0. The van der Waals surface area contributed by atoms with Gasteiger partial charge in [0.1, 0.15) is 0 Å². The summed E-state index contributed by atoms with van der Waals surface area (Å²) in [5.74, 6) is -0.0278. The quantitative estimate of drug-likeness (QED) is 0.763. The summed E-state index contributed by atoms with van der Waals surface area (Å²) in [5.41, 5.74) is 3.14. The summed E-state index contributed by atoms with van der Waals surface area (Å²) < 4.78 is 0. The Hall–Kier alpha value is -2.14. The monoisotopic (exact) mass is 357 g/mol. The number of ketones is 1. The van der Waals surface area contributed by atoms with Crippen LogP contribution in [0.5, 0.6) is 0 Å². The Balaban J connectivity index is 2.11. The number of nitrogens with zero attached hydrogens (tertiary/aromatic N) is 2. The van der Waals surface area contributed by atoms with Crippen LogP contribution in [0.3, 0.4) is 0 Å². The molecule has 0 radical (unpaired) electrons. The molecule has 0 atom stereocenters. The summed E-state index contributed by atoms with van der Waals surface area (Å²) in [4.78, 5) is 28.6. The highest BCUT2D eigenvalue weighted by atomic mass is 16.2. The molecule has 0 aromatic heterocycles. The lowest BCUT2D eigenvalue weighted by Crippen LogP contribution is -2.41. The molecule has 1 aromatic rings. The molecule has 26 heavy (non-hydrogen) atoms. The third-order valence-electron chi connectivity index (χ3n) is 4.88. The molecule has 1 aliphatic heterocycles. The predicted octanol–water partition coefficient (Wildman–Crippen LogP) is 2.71. The number of allylic oxidation sites excluding steroid dienone is 1. The lowest BCUT2D eigenvalue weighted by atomic mass is 9.83. The Morgan fingerprint density at radius 2 is 1.88 bits per heavy atom. The smallest absolute Gasteiger partial charge is 0.234 e. The number of hydrogen-bond acceptors (Lipinski definition) is 4. The molecule has 2 rings (SSSR count). The number of anilines is 1. The van der Waals surface area contributed by atoms with Crippen molar-refractivity contribution in [1.82, 2.24) is 10.2 Å². The first-order chi connectivity index (χ1) is 12.2. The largest absolute Gasteiger partial charge is 0.353 e. The number of nitrogens with one attached hydrogen (secondary N) is 1. The minimum Gasteiger partial charge on any atom is -0.353 e. The van der Waals surface area contributed by atoms with Crippen LogP contribution in [0.4, 0.5) is 5.69 Å². The topological polar surface area (TPSA) is 52.7 Å². The van der Waals surface area contributed by atoms with E-state index >= 15 is 0 Å². The van der Waals surface area contributed by atoms with Crippen molar-refractivity contribution < 1.29 is 9.59 Å². The highest BCUT2D eigenvalue weighted by Crippen LogP contribution is 2.46. The number of carbonyl (C=O) groups is 2. The van der Waals surface area contributed by atoms with E-state index in [0.29, 0.717) is 6.54 Å². The van der Waals surface area contributed by atoms with Gasteiger partial charge >= 0.3 is 0 Å². The zero-order valence-electron chi connectivity index (χ0n) is 16.8. The van der Waals surface area contributed by atoms with E-state index < -0.39 is 0 Å². The number of carbonyl (C=O) groups excluding carboxylic acids is 2. The molecule has 0 unspecified atom stereocenters. The fourth-order valence-corrected chi connectivity index (χ4v) is 3.53. The normalized spacial score (nSPS) is 17.1. The van der Waals surface area contributed by atoms with Gasteiger partial charge in [0.15, 0.2) is 5.78 Å². The fraction of sp³-hybridized carbons (Fsp3) is 0.524. The molecule has 0 aliphatic carbocycles. The number of rotatable bonds is 7. The maximum atomic E-state index is 12.7. The van der Waals surface area contributed by atoms with Crippen molar-refractivity contribution in [1.29, 1.82) is 0 Å². The van der Waals surface area contributed by atoms with E-state index in [1.54, 1.807) is 6.08 Å². The van der Waals surface area contributed by atoms with Gasteiger partial charge in [0.25, 0.3) is 0 Å². The molecule has 0 saturated carbocycles. The molecule has 0 spiro atoms. The van der Waals surface area contributed by atoms with Crippen LogP contribution in [0.25, 0.3) is 0 Å². The van der Waals surface area contributed by atoms with Gasteiger partial charge in [0.2, 0.25) is 5.91 Å². The second-order valence-corrected chi connectivity index (χ2v) is 7.72. The van der Waals surface area contributed by atoms with Gasteiger partial charge < -0.3 is 10.2 Å². The number of hydrogen-bond donors (Lipinski definition) is 1. The number of benzene rings is 1. The summed E-state index contributed by atoms with van der Waals surface area (Å²) in [5, 5.41) is 2.87. The number of para-hydroxylation sites is 1. The van der Waals surface area contributed by atoms with Gasteiger partial charge in [-0.3, -0.25) is 14.5 Å². The molecule has 1 aliphatic rings. The van der Waals surface area contributed by atoms with E-state index in [9.17, 15) is 9.59 Å². The van der Waals surface area contributed by atoms with Crippen molar-refractivity contribution in [3.8, 4) is 0 Å². The van der Waals surface area contributed by atoms with Gasteiger partial charge in [-0.25, -0.2) is 0 Å². The average molecular weight is 357 g/mol. The van der Waals surface area contributed by atoms with Gasteiger partial charge in [0, 0.05) is 36.0 Å². The first kappa shape index (κ1) is 20.2. The minimum absolute atomic E-state index is 0.0203. The second-order valence-electron chi connectivity index (χ2n) is 7.72. The predicted molar refractivity (Wildman–Crippen MR) is 106 cm³/mol. The summed E-state index contributed by atoms with van der Waals surface area (Å²) in [6, 6.07) is 8.35. The van der Waals surface area contributed by atoms with Crippen LogP contribution in [0.2, 0.25) is 0 Å². The van der Waals surface area contributed by atoms with E-state index in [1.807, 2.05) is 44.9 Å². The number of amides is 1. The maximum Gasteiger partial charge on any atom is 0.234 e. The molecule has 5 nitrogen and oxygen atoms in total. The minimum atomic E-state index is -0.215. The van der Waals surface area contributed by atoms with Crippen molar-refractivity contribution in [3.63, 3.8) is 0 Å². The number of fused-ring (bicyclic) bond motifs is 1. The number of likely N-dealkylation sites (N-methyl/N-ethyl adjacent to an activating group) is 2. The van der Waals surface area contributed by atoms with E-state index in [4.69, 9.17) is 0 Å². The molecule has 0 saturated heterocycles. The highest BCUT2D eigenvalue weighted by molar-refractivity contribution is 5.94. The van der Waals surface area contributed by atoms with E-state index in [0.717, 1.165) is 11.4 Å². The van der Waals surface area contributed by atoms with Gasteiger partial charge in [-0.05, 0) is 32.0 Å². The van der Waals surface area contributed by atoms with E-state index in [1.165, 1.54) is 5.56 Å². The lowest BCUT2D eigenvalue weighted by Gasteiger charge is -2.25. The molecule has 5 heteroatoms. The third kappa shape index (κ3) is 4.33. The standard InChI is InChI=1S/C21H31N3O2/c1-7-24(14-20(26)22-15(2)3)13-16(25)12-19-21(4,5)17-10-8-9-11-18(17)23(19)6/h8-12,15H,7,13-14H2,1-6H3,(H,22,26)/b19-12+. The van der Waals surface area contributed by atoms with Gasteiger partial charge in [-0.1, -0.05) is 39.0 Å². The van der Waals surface area contributed by atoms with Crippen molar-refractivity contribution in [2.24, 2.45) is 0 Å². The molecule has 1 aromatic carbocycles. The van der Waals surface area contributed by atoms with Crippen molar-refractivity contribution in [2.45, 2.75) is 46.1 Å². The molecular formula is C21H31N3O2. The maximum absolute atomic E-state index is 12.7. The molecule has 1 amide bonds. The third-order valence-corrected chi connectivity index (χ3v) is 4.88. The fourth-order valence-electron chi connectivity index (χ4n) is 3.53. The Labute approximate surface area is 157 Å². The van der Waals surface area contributed by atoms with Crippen LogP contribution in [0.15, 0.2) is 36.0 Å². The molecule has 0 bridgehead atoms. The molecular weight excluding hydrogens is 326 g/mol. The molecule has 0 fully saturated rings. The van der Waals surface area contributed by atoms with Crippen LogP contribution >= 0.6 is 0 Å². The second kappa shape index (κ2) is 8.04. The van der Waals surface area contributed by atoms with Crippen LogP contribution in [-0.4, -0.2) is 49.3 Å². The first-order valence-electron chi connectivity index (χ1n) is 9.26. The van der Waals surface area contributed by atoms with Gasteiger partial charge in [-0.2, -0.15) is 0 Å². The molecule has 142 valence electrons. The van der Waals surface area contributed by atoms with Crippen LogP contribution in [0, 0.1) is 0 Å². The van der Waals surface area contributed by atoms with Crippen LogP contribution < -0.4 is 10.2 Å². The van der Waals surface area contributed by atoms with Crippen molar-refractivity contribution in [3.05, 3.63) is 41.6 Å². The Kier molecular flexibility index (Phi) is 6.24. The van der Waals surface area contributed by atoms with Gasteiger partial charge in [0.05, 0.1) is 13.1 Å². The molecule has 1 heterocycles. The lowest BCUT2D eigenvalue weighted by molar-refractivity contribution is -0.123. The van der Waals surface area contributed by atoms with E-state index in [2.05, 4.69) is 36.2 Å². The Bertz CT molecular complexity index is 707. The van der Waals surface area contributed by atoms with Crippen molar-refractivity contribution in [2.75, 3.05) is 31.6 Å². The van der Waals surface area contributed by atoms with E-state index in [-0.39, 0.29) is 36.2 Å². The zero-order chi connectivity index (χ0) is 19.5. The summed E-state index contributed by atoms with van der Waals surface area (Å²) in [6.45, 7) is 11.2. The summed E-state index contributed by atoms with van der Waals surface area (Å²) in [6.07, 6.45) is 1.74. The molecule has 1 N–H and O–H groups in total. The first-order valence-corrected chi connectivity index (χ1v) is 9.26. The van der Waals surface area contributed by atoms with Crippen LogP contribution in [0.1, 0.15) is 40.2 Å². The highest BCUT2D eigenvalue weighted by Gasteiger charge is 2.38. The average Bonchev–Trinajstić information content (AvgIpc) is 2.75. The zero-order valence-corrected chi connectivity index (χ0v) is 16.8.